The number of rotatable bonds is 6. The largest absolute Gasteiger partial charge is 0.478 e. The first-order chi connectivity index (χ1) is 12.8. The van der Waals surface area contributed by atoms with Crippen LogP contribution in [-0.4, -0.2) is 38.2 Å². The lowest BCUT2D eigenvalue weighted by atomic mass is 10.0. The number of carbonyl (C=O) groups is 2. The van der Waals surface area contributed by atoms with Crippen molar-refractivity contribution in [1.82, 2.24) is 0 Å². The highest BCUT2D eigenvalue weighted by molar-refractivity contribution is 7.92. The van der Waals surface area contributed by atoms with Crippen molar-refractivity contribution in [2.45, 2.75) is 19.3 Å². The van der Waals surface area contributed by atoms with E-state index in [0.29, 0.717) is 36.3 Å². The molecule has 0 aromatic heterocycles. The van der Waals surface area contributed by atoms with Gasteiger partial charge in [0, 0.05) is 24.2 Å². The molecule has 0 fully saturated rings. The monoisotopic (exact) mass is 388 g/mol. The summed E-state index contributed by atoms with van der Waals surface area (Å²) in [7, 11) is -3.36. The number of anilines is 2. The van der Waals surface area contributed by atoms with Gasteiger partial charge in [-0.05, 0) is 36.6 Å². The Morgan fingerprint density at radius 3 is 2.59 bits per heavy atom. The van der Waals surface area contributed by atoms with E-state index in [-0.39, 0.29) is 17.9 Å². The van der Waals surface area contributed by atoms with Gasteiger partial charge in [-0.3, -0.25) is 9.10 Å². The van der Waals surface area contributed by atoms with Gasteiger partial charge in [0.05, 0.1) is 17.5 Å². The number of hydrogen-bond acceptors (Lipinski definition) is 4. The summed E-state index contributed by atoms with van der Waals surface area (Å²) < 4.78 is 25.1. The number of nitrogens with one attached hydrogen (secondary N) is 1. The van der Waals surface area contributed by atoms with Gasteiger partial charge >= 0.3 is 5.97 Å². The highest BCUT2D eigenvalue weighted by Gasteiger charge is 2.28. The van der Waals surface area contributed by atoms with Crippen molar-refractivity contribution in [1.29, 1.82) is 0 Å². The Morgan fingerprint density at radius 1 is 1.15 bits per heavy atom. The van der Waals surface area contributed by atoms with E-state index in [4.69, 9.17) is 0 Å². The molecule has 1 amide bonds. The highest BCUT2D eigenvalue weighted by Crippen LogP contribution is 2.35. The van der Waals surface area contributed by atoms with Crippen LogP contribution in [0.15, 0.2) is 42.5 Å². The Hall–Kier alpha value is -2.87. The summed E-state index contributed by atoms with van der Waals surface area (Å²) in [6.45, 7) is 0.354. The van der Waals surface area contributed by atoms with E-state index in [1.54, 1.807) is 36.4 Å². The number of aryl methyl sites for hydroxylation is 1. The Morgan fingerprint density at radius 2 is 1.89 bits per heavy atom. The van der Waals surface area contributed by atoms with Crippen LogP contribution in [0.3, 0.4) is 0 Å². The van der Waals surface area contributed by atoms with Gasteiger partial charge in [-0.1, -0.05) is 24.3 Å². The minimum Gasteiger partial charge on any atom is -0.478 e. The van der Waals surface area contributed by atoms with Crippen LogP contribution in [0, 0.1) is 0 Å². The van der Waals surface area contributed by atoms with E-state index in [2.05, 4.69) is 5.32 Å². The molecule has 0 unspecified atom stereocenters. The summed E-state index contributed by atoms with van der Waals surface area (Å²) in [5.74, 6) is -1.27. The molecule has 0 saturated heterocycles. The zero-order valence-electron chi connectivity index (χ0n) is 14.8. The SMILES string of the molecule is CS(=O)(=O)N1CCc2c(NC(=O)CCc3ccccc3C(=O)O)cccc21. The number of carbonyl (C=O) groups excluding carboxylic acids is 1. The number of nitrogens with zero attached hydrogens (tertiary/aromatic N) is 1. The number of benzene rings is 2. The van der Waals surface area contributed by atoms with Gasteiger partial charge in [-0.2, -0.15) is 0 Å². The maximum atomic E-state index is 12.4. The normalized spacial score (nSPS) is 13.3. The average Bonchev–Trinajstić information content (AvgIpc) is 3.05. The third kappa shape index (κ3) is 4.11. The van der Waals surface area contributed by atoms with Gasteiger partial charge in [-0.25, -0.2) is 13.2 Å². The summed E-state index contributed by atoms with van der Waals surface area (Å²) in [6, 6.07) is 11.8. The first kappa shape index (κ1) is 18.9. The minimum atomic E-state index is -3.36. The molecule has 142 valence electrons. The molecule has 0 aliphatic carbocycles. The van der Waals surface area contributed by atoms with Crippen LogP contribution in [0.2, 0.25) is 0 Å². The van der Waals surface area contributed by atoms with Gasteiger partial charge in [0.2, 0.25) is 15.9 Å². The second-order valence-electron chi connectivity index (χ2n) is 6.40. The van der Waals surface area contributed by atoms with E-state index >= 15 is 0 Å². The molecule has 1 heterocycles. The van der Waals surface area contributed by atoms with E-state index in [1.807, 2.05) is 0 Å². The molecule has 2 aromatic carbocycles. The Bertz CT molecular complexity index is 1000. The number of carboxylic acids is 1. The van der Waals surface area contributed by atoms with E-state index < -0.39 is 16.0 Å². The molecule has 1 aliphatic heterocycles. The van der Waals surface area contributed by atoms with Crippen LogP contribution in [0.25, 0.3) is 0 Å². The molecular weight excluding hydrogens is 368 g/mol. The number of amides is 1. The van der Waals surface area contributed by atoms with Crippen molar-refractivity contribution in [3.05, 3.63) is 59.2 Å². The van der Waals surface area contributed by atoms with Crippen molar-refractivity contribution in [3.63, 3.8) is 0 Å². The summed E-state index contributed by atoms with van der Waals surface area (Å²) in [6.07, 6.45) is 2.12. The Kier molecular flexibility index (Phi) is 5.18. The molecule has 0 bridgehead atoms. The van der Waals surface area contributed by atoms with Gasteiger partial charge in [-0.15, -0.1) is 0 Å². The van der Waals surface area contributed by atoms with Crippen molar-refractivity contribution in [2.24, 2.45) is 0 Å². The summed E-state index contributed by atoms with van der Waals surface area (Å²) in [4.78, 5) is 23.6. The van der Waals surface area contributed by atoms with E-state index in [9.17, 15) is 23.1 Å². The van der Waals surface area contributed by atoms with Crippen LogP contribution in [0.4, 0.5) is 11.4 Å². The fourth-order valence-corrected chi connectivity index (χ4v) is 4.23. The summed E-state index contributed by atoms with van der Waals surface area (Å²) in [5.41, 5.74) is 2.76. The molecular formula is C19H20N2O5S. The fourth-order valence-electron chi connectivity index (χ4n) is 3.27. The number of hydrogen-bond donors (Lipinski definition) is 2. The second-order valence-corrected chi connectivity index (χ2v) is 8.31. The third-order valence-corrected chi connectivity index (χ3v) is 5.71. The Balaban J connectivity index is 1.72. The molecule has 1 aliphatic rings. The zero-order chi connectivity index (χ0) is 19.6. The predicted molar refractivity (Wildman–Crippen MR) is 103 cm³/mol. The summed E-state index contributed by atoms with van der Waals surface area (Å²) in [5, 5.41) is 12.0. The molecule has 8 heteroatoms. The highest BCUT2D eigenvalue weighted by atomic mass is 32.2. The van der Waals surface area contributed by atoms with Crippen LogP contribution < -0.4 is 9.62 Å². The molecule has 0 atom stereocenters. The lowest BCUT2D eigenvalue weighted by molar-refractivity contribution is -0.116. The van der Waals surface area contributed by atoms with E-state index in [1.165, 1.54) is 10.4 Å². The standard InChI is InChI=1S/C19H20N2O5S/c1-27(25,26)21-12-11-15-16(7-4-8-17(15)21)20-18(22)10-9-13-5-2-3-6-14(13)19(23)24/h2-8H,9-12H2,1H3,(H,20,22)(H,23,24). The van der Waals surface area contributed by atoms with Gasteiger partial charge in [0.25, 0.3) is 0 Å². The average molecular weight is 388 g/mol. The molecule has 0 saturated carbocycles. The zero-order valence-corrected chi connectivity index (χ0v) is 15.6. The molecule has 27 heavy (non-hydrogen) atoms. The molecule has 0 spiro atoms. The summed E-state index contributed by atoms with van der Waals surface area (Å²) >= 11 is 0. The van der Waals surface area contributed by atoms with Crippen molar-refractivity contribution < 1.29 is 23.1 Å². The van der Waals surface area contributed by atoms with Gasteiger partial charge in [0.1, 0.15) is 0 Å². The maximum absolute atomic E-state index is 12.4. The molecule has 7 nitrogen and oxygen atoms in total. The quantitative estimate of drug-likeness (QED) is 0.790. The van der Waals surface area contributed by atoms with Crippen LogP contribution >= 0.6 is 0 Å². The van der Waals surface area contributed by atoms with Crippen LogP contribution in [0.1, 0.15) is 27.9 Å². The smallest absolute Gasteiger partial charge is 0.335 e. The molecule has 2 aromatic rings. The van der Waals surface area contributed by atoms with Crippen LogP contribution in [-0.2, 0) is 27.7 Å². The van der Waals surface area contributed by atoms with Crippen molar-refractivity contribution >= 4 is 33.3 Å². The fraction of sp³-hybridized carbons (Fsp3) is 0.263. The Labute approximate surface area is 157 Å². The molecule has 2 N–H and O–H groups in total. The lowest BCUT2D eigenvalue weighted by Crippen LogP contribution is -2.27. The number of carboxylic acid groups (broad SMARTS) is 1. The van der Waals surface area contributed by atoms with Crippen LogP contribution in [0.5, 0.6) is 0 Å². The number of fused-ring (bicyclic) bond motifs is 1. The predicted octanol–water partition coefficient (Wildman–Crippen LogP) is 2.28. The topological polar surface area (TPSA) is 104 Å². The maximum Gasteiger partial charge on any atom is 0.335 e. The first-order valence-corrected chi connectivity index (χ1v) is 10.3. The van der Waals surface area contributed by atoms with Crippen molar-refractivity contribution in [2.75, 3.05) is 22.4 Å². The number of sulfonamides is 1. The second kappa shape index (κ2) is 7.40. The molecule has 3 rings (SSSR count). The van der Waals surface area contributed by atoms with Gasteiger partial charge in [0.15, 0.2) is 0 Å². The minimum absolute atomic E-state index is 0.129. The molecule has 0 radical (unpaired) electrons. The lowest BCUT2D eigenvalue weighted by Gasteiger charge is -2.17. The van der Waals surface area contributed by atoms with Crippen molar-refractivity contribution in [3.8, 4) is 0 Å². The number of aromatic carboxylic acids is 1. The first-order valence-electron chi connectivity index (χ1n) is 8.48. The van der Waals surface area contributed by atoms with E-state index in [0.717, 1.165) is 11.8 Å². The third-order valence-electron chi connectivity index (χ3n) is 4.53. The van der Waals surface area contributed by atoms with Gasteiger partial charge < -0.3 is 10.4 Å².